The third-order valence-corrected chi connectivity index (χ3v) is 3.06. The summed E-state index contributed by atoms with van der Waals surface area (Å²) in [7, 11) is 0. The van der Waals surface area contributed by atoms with Gasteiger partial charge in [-0.1, -0.05) is 43.3 Å². The minimum absolute atomic E-state index is 0.178. The van der Waals surface area contributed by atoms with Crippen LogP contribution in [0.1, 0.15) is 19.8 Å². The molecule has 22 heavy (non-hydrogen) atoms. The topological polar surface area (TPSA) is 62.1 Å². The van der Waals surface area contributed by atoms with Crippen molar-refractivity contribution in [2.45, 2.75) is 19.8 Å². The lowest BCUT2D eigenvalue weighted by atomic mass is 10.0. The van der Waals surface area contributed by atoms with E-state index in [2.05, 4.69) is 5.32 Å². The summed E-state index contributed by atoms with van der Waals surface area (Å²) in [5, 5.41) is 11.4. The SMILES string of the molecule is CCCOc1ccc(-c2ccccc2)cc1NC(=O)CC#N. The van der Waals surface area contributed by atoms with Crippen molar-refractivity contribution in [3.63, 3.8) is 0 Å². The number of carbonyl (C=O) groups is 1. The van der Waals surface area contributed by atoms with Crippen LogP contribution in [-0.2, 0) is 4.79 Å². The molecule has 0 aliphatic rings. The lowest BCUT2D eigenvalue weighted by Gasteiger charge is -2.13. The van der Waals surface area contributed by atoms with E-state index in [0.29, 0.717) is 18.0 Å². The first-order valence-corrected chi connectivity index (χ1v) is 7.23. The van der Waals surface area contributed by atoms with Crippen LogP contribution in [0.5, 0.6) is 5.75 Å². The molecule has 0 aliphatic heterocycles. The highest BCUT2D eigenvalue weighted by Crippen LogP contribution is 2.31. The second-order valence-corrected chi connectivity index (χ2v) is 4.81. The molecule has 0 bridgehead atoms. The van der Waals surface area contributed by atoms with Gasteiger partial charge in [0, 0.05) is 0 Å². The number of hydrogen-bond donors (Lipinski definition) is 1. The zero-order valence-electron chi connectivity index (χ0n) is 12.5. The van der Waals surface area contributed by atoms with Gasteiger partial charge in [0.15, 0.2) is 0 Å². The fourth-order valence-electron chi connectivity index (χ4n) is 2.04. The van der Waals surface area contributed by atoms with E-state index in [1.807, 2.05) is 61.5 Å². The van der Waals surface area contributed by atoms with Crippen molar-refractivity contribution in [2.75, 3.05) is 11.9 Å². The Labute approximate surface area is 130 Å². The minimum Gasteiger partial charge on any atom is -0.491 e. The summed E-state index contributed by atoms with van der Waals surface area (Å²) >= 11 is 0. The van der Waals surface area contributed by atoms with Crippen LogP contribution < -0.4 is 10.1 Å². The summed E-state index contributed by atoms with van der Waals surface area (Å²) < 4.78 is 5.66. The van der Waals surface area contributed by atoms with Gasteiger partial charge in [0.1, 0.15) is 12.2 Å². The van der Waals surface area contributed by atoms with Crippen LogP contribution >= 0.6 is 0 Å². The predicted octanol–water partition coefficient (Wildman–Crippen LogP) is 3.99. The zero-order valence-corrected chi connectivity index (χ0v) is 12.5. The number of ether oxygens (including phenoxy) is 1. The van der Waals surface area contributed by atoms with Crippen LogP contribution in [0.4, 0.5) is 5.69 Å². The Morgan fingerprint density at radius 3 is 2.64 bits per heavy atom. The van der Waals surface area contributed by atoms with Gasteiger partial charge in [0.25, 0.3) is 0 Å². The molecule has 2 aromatic carbocycles. The molecule has 2 rings (SSSR count). The van der Waals surface area contributed by atoms with Gasteiger partial charge in [0.2, 0.25) is 5.91 Å². The largest absolute Gasteiger partial charge is 0.491 e. The number of benzene rings is 2. The number of carbonyl (C=O) groups excluding carboxylic acids is 1. The first-order valence-electron chi connectivity index (χ1n) is 7.23. The van der Waals surface area contributed by atoms with E-state index >= 15 is 0 Å². The monoisotopic (exact) mass is 294 g/mol. The number of anilines is 1. The predicted molar refractivity (Wildman–Crippen MR) is 86.5 cm³/mol. The van der Waals surface area contributed by atoms with E-state index in [0.717, 1.165) is 17.5 Å². The van der Waals surface area contributed by atoms with Gasteiger partial charge in [0.05, 0.1) is 18.4 Å². The van der Waals surface area contributed by atoms with Crippen molar-refractivity contribution < 1.29 is 9.53 Å². The van der Waals surface area contributed by atoms with Gasteiger partial charge in [-0.3, -0.25) is 4.79 Å². The summed E-state index contributed by atoms with van der Waals surface area (Å²) in [6, 6.07) is 17.4. The van der Waals surface area contributed by atoms with Gasteiger partial charge in [-0.15, -0.1) is 0 Å². The number of amides is 1. The summed E-state index contributed by atoms with van der Waals surface area (Å²) in [6.07, 6.45) is 0.703. The van der Waals surface area contributed by atoms with E-state index in [-0.39, 0.29) is 12.3 Å². The normalized spacial score (nSPS) is 9.82. The maximum absolute atomic E-state index is 11.7. The number of nitrogens with zero attached hydrogens (tertiary/aromatic N) is 1. The number of hydrogen-bond acceptors (Lipinski definition) is 3. The summed E-state index contributed by atoms with van der Waals surface area (Å²) in [5.74, 6) is 0.280. The van der Waals surface area contributed by atoms with Crippen molar-refractivity contribution in [1.82, 2.24) is 0 Å². The molecule has 0 saturated carbocycles. The van der Waals surface area contributed by atoms with Gasteiger partial charge < -0.3 is 10.1 Å². The molecule has 1 N–H and O–H groups in total. The molecular formula is C18H18N2O2. The summed E-state index contributed by atoms with van der Waals surface area (Å²) in [5.41, 5.74) is 2.63. The Kier molecular flexibility index (Phi) is 5.56. The van der Waals surface area contributed by atoms with Crippen molar-refractivity contribution in [3.05, 3.63) is 48.5 Å². The second-order valence-electron chi connectivity index (χ2n) is 4.81. The van der Waals surface area contributed by atoms with Gasteiger partial charge in [-0.25, -0.2) is 0 Å². The second kappa shape index (κ2) is 7.84. The molecular weight excluding hydrogens is 276 g/mol. The van der Waals surface area contributed by atoms with Crippen LogP contribution in [-0.4, -0.2) is 12.5 Å². The Hall–Kier alpha value is -2.80. The average Bonchev–Trinajstić information content (AvgIpc) is 2.54. The fourth-order valence-corrected chi connectivity index (χ4v) is 2.04. The Bertz CT molecular complexity index is 675. The summed E-state index contributed by atoms with van der Waals surface area (Å²) in [6.45, 7) is 2.60. The van der Waals surface area contributed by atoms with Gasteiger partial charge >= 0.3 is 0 Å². The molecule has 112 valence electrons. The molecule has 0 atom stereocenters. The quantitative estimate of drug-likeness (QED) is 0.876. The molecule has 2 aromatic rings. The Balaban J connectivity index is 2.32. The molecule has 0 heterocycles. The Morgan fingerprint density at radius 2 is 1.95 bits per heavy atom. The van der Waals surface area contributed by atoms with Crippen LogP contribution in [0.25, 0.3) is 11.1 Å². The molecule has 1 amide bonds. The van der Waals surface area contributed by atoms with E-state index in [4.69, 9.17) is 10.00 Å². The highest BCUT2D eigenvalue weighted by Gasteiger charge is 2.10. The van der Waals surface area contributed by atoms with Crippen LogP contribution in [0.15, 0.2) is 48.5 Å². The van der Waals surface area contributed by atoms with E-state index in [1.165, 1.54) is 0 Å². The molecule has 0 unspecified atom stereocenters. The standard InChI is InChI=1S/C18H18N2O2/c1-2-12-22-17-9-8-15(14-6-4-3-5-7-14)13-16(17)20-18(21)10-11-19/h3-9,13H,2,10,12H2,1H3,(H,20,21). The van der Waals surface area contributed by atoms with Crippen LogP contribution in [0.3, 0.4) is 0 Å². The van der Waals surface area contributed by atoms with Crippen molar-refractivity contribution in [1.29, 1.82) is 5.26 Å². The maximum atomic E-state index is 11.7. The molecule has 0 radical (unpaired) electrons. The molecule has 0 spiro atoms. The first-order chi connectivity index (χ1) is 10.7. The highest BCUT2D eigenvalue weighted by atomic mass is 16.5. The zero-order chi connectivity index (χ0) is 15.8. The lowest BCUT2D eigenvalue weighted by Crippen LogP contribution is -2.11. The molecule has 0 saturated heterocycles. The lowest BCUT2D eigenvalue weighted by molar-refractivity contribution is -0.115. The van der Waals surface area contributed by atoms with Gasteiger partial charge in [-0.2, -0.15) is 5.26 Å². The third kappa shape index (κ3) is 4.10. The first kappa shape index (κ1) is 15.6. The Morgan fingerprint density at radius 1 is 1.18 bits per heavy atom. The van der Waals surface area contributed by atoms with Gasteiger partial charge in [-0.05, 0) is 29.7 Å². The number of nitriles is 1. The average molecular weight is 294 g/mol. The van der Waals surface area contributed by atoms with Crippen molar-refractivity contribution in [2.24, 2.45) is 0 Å². The maximum Gasteiger partial charge on any atom is 0.238 e. The molecule has 0 aromatic heterocycles. The van der Waals surface area contributed by atoms with E-state index in [1.54, 1.807) is 0 Å². The van der Waals surface area contributed by atoms with Crippen LogP contribution in [0, 0.1) is 11.3 Å². The number of rotatable bonds is 6. The minimum atomic E-state index is -0.339. The summed E-state index contributed by atoms with van der Waals surface area (Å²) in [4.78, 5) is 11.7. The van der Waals surface area contributed by atoms with Crippen LogP contribution in [0.2, 0.25) is 0 Å². The molecule has 0 aliphatic carbocycles. The molecule has 0 fully saturated rings. The third-order valence-electron chi connectivity index (χ3n) is 3.06. The smallest absolute Gasteiger partial charge is 0.238 e. The van der Waals surface area contributed by atoms with Crippen molar-refractivity contribution in [3.8, 4) is 22.9 Å². The molecule has 4 nitrogen and oxygen atoms in total. The molecule has 4 heteroatoms. The van der Waals surface area contributed by atoms with E-state index < -0.39 is 0 Å². The van der Waals surface area contributed by atoms with Crippen molar-refractivity contribution >= 4 is 11.6 Å². The highest BCUT2D eigenvalue weighted by molar-refractivity contribution is 5.94. The number of nitrogens with one attached hydrogen (secondary N) is 1. The fraction of sp³-hybridized carbons (Fsp3) is 0.222. The van der Waals surface area contributed by atoms with E-state index in [9.17, 15) is 4.79 Å².